The minimum atomic E-state index is 0.256. The van der Waals surface area contributed by atoms with Crippen LogP contribution in [0.2, 0.25) is 0 Å². The van der Waals surface area contributed by atoms with Crippen LogP contribution in [0.3, 0.4) is 0 Å². The molecule has 1 saturated heterocycles. The predicted molar refractivity (Wildman–Crippen MR) is 117 cm³/mol. The molecule has 0 spiro atoms. The topological polar surface area (TPSA) is 81.1 Å². The fourth-order valence-electron chi connectivity index (χ4n) is 3.79. The molecule has 0 saturated carbocycles. The van der Waals surface area contributed by atoms with Crippen molar-refractivity contribution in [1.82, 2.24) is 29.9 Å². The third-order valence-corrected chi connectivity index (χ3v) is 6.00. The van der Waals surface area contributed by atoms with Gasteiger partial charge >= 0.3 is 0 Å². The van der Waals surface area contributed by atoms with E-state index in [0.717, 1.165) is 66.1 Å². The van der Waals surface area contributed by atoms with E-state index >= 15 is 0 Å². The Morgan fingerprint density at radius 2 is 2.10 bits per heavy atom. The fourth-order valence-corrected chi connectivity index (χ4v) is 4.31. The summed E-state index contributed by atoms with van der Waals surface area (Å²) in [5, 5.41) is 17.2. The Bertz CT molecular complexity index is 949. The summed E-state index contributed by atoms with van der Waals surface area (Å²) in [5.41, 5.74) is 3.25. The molecule has 0 radical (unpaired) electrons. The maximum Gasteiger partial charge on any atom is 0.191 e. The lowest BCUT2D eigenvalue weighted by Crippen LogP contribution is -2.23. The number of nitrogens with zero attached hydrogens (tertiary/aromatic N) is 5. The molecule has 1 N–H and O–H groups in total. The van der Waals surface area contributed by atoms with Gasteiger partial charge in [-0.15, -0.1) is 10.2 Å². The SMILES string of the molecule is COc1ccc(-c2[nH]ncc2CN(C)Cc2nnc(SC)n2C[C@H]2CCCO2)cc1. The zero-order valence-electron chi connectivity index (χ0n) is 17.7. The molecule has 1 fully saturated rings. The molecule has 30 heavy (non-hydrogen) atoms. The van der Waals surface area contributed by atoms with Crippen molar-refractivity contribution in [3.05, 3.63) is 41.9 Å². The lowest BCUT2D eigenvalue weighted by atomic mass is 10.1. The van der Waals surface area contributed by atoms with Gasteiger partial charge in [0.1, 0.15) is 11.6 Å². The molecule has 0 aliphatic carbocycles. The van der Waals surface area contributed by atoms with Crippen molar-refractivity contribution in [2.24, 2.45) is 0 Å². The normalized spacial score (nSPS) is 16.5. The van der Waals surface area contributed by atoms with Crippen molar-refractivity contribution < 1.29 is 9.47 Å². The minimum absolute atomic E-state index is 0.256. The summed E-state index contributed by atoms with van der Waals surface area (Å²) in [5.74, 6) is 1.80. The van der Waals surface area contributed by atoms with Gasteiger partial charge in [-0.2, -0.15) is 5.10 Å². The Kier molecular flexibility index (Phi) is 6.71. The molecule has 1 aliphatic rings. The Morgan fingerprint density at radius 3 is 2.80 bits per heavy atom. The molecular formula is C21H28N6O2S. The van der Waals surface area contributed by atoms with Crippen LogP contribution in [-0.4, -0.2) is 63.0 Å². The zero-order valence-corrected chi connectivity index (χ0v) is 18.5. The van der Waals surface area contributed by atoms with E-state index in [0.29, 0.717) is 6.54 Å². The van der Waals surface area contributed by atoms with Crippen molar-refractivity contribution in [1.29, 1.82) is 0 Å². The monoisotopic (exact) mass is 428 g/mol. The summed E-state index contributed by atoms with van der Waals surface area (Å²) < 4.78 is 13.3. The maximum atomic E-state index is 5.83. The van der Waals surface area contributed by atoms with Crippen LogP contribution in [0, 0.1) is 0 Å². The number of methoxy groups -OCH3 is 1. The third kappa shape index (κ3) is 4.69. The van der Waals surface area contributed by atoms with Crippen LogP contribution in [0.5, 0.6) is 5.75 Å². The summed E-state index contributed by atoms with van der Waals surface area (Å²) in [6, 6.07) is 8.00. The number of aromatic amines is 1. The van der Waals surface area contributed by atoms with Crippen LogP contribution in [0.1, 0.15) is 24.2 Å². The van der Waals surface area contributed by atoms with E-state index in [1.54, 1.807) is 18.9 Å². The first-order chi connectivity index (χ1) is 14.7. The Hall–Kier alpha value is -2.36. The molecule has 1 atom stereocenters. The van der Waals surface area contributed by atoms with Gasteiger partial charge in [-0.1, -0.05) is 11.8 Å². The van der Waals surface area contributed by atoms with Gasteiger partial charge in [-0.3, -0.25) is 10.00 Å². The second kappa shape index (κ2) is 9.63. The predicted octanol–water partition coefficient (Wildman–Crippen LogP) is 3.21. The highest BCUT2D eigenvalue weighted by Gasteiger charge is 2.21. The van der Waals surface area contributed by atoms with Crippen molar-refractivity contribution in [2.45, 2.75) is 43.7 Å². The first-order valence-electron chi connectivity index (χ1n) is 10.1. The van der Waals surface area contributed by atoms with E-state index in [-0.39, 0.29) is 6.10 Å². The Balaban J connectivity index is 1.46. The average Bonchev–Trinajstić information content (AvgIpc) is 3.51. The molecule has 8 nitrogen and oxygen atoms in total. The van der Waals surface area contributed by atoms with Crippen molar-refractivity contribution in [2.75, 3.05) is 27.0 Å². The summed E-state index contributed by atoms with van der Waals surface area (Å²) in [7, 11) is 3.76. The number of hydrogen-bond acceptors (Lipinski definition) is 7. The second-order valence-electron chi connectivity index (χ2n) is 7.52. The standard InChI is InChI=1S/C21H28N6O2S/c1-26(12-16-11-22-24-20(16)15-6-8-17(28-2)9-7-15)14-19-23-25-21(30-3)27(19)13-18-5-4-10-29-18/h6-9,11,18H,4-5,10,12-14H2,1-3H3,(H,22,24)/t18-/m1/s1. The van der Waals surface area contributed by atoms with Gasteiger partial charge in [-0.05, 0) is 50.4 Å². The molecule has 0 bridgehead atoms. The number of aromatic nitrogens is 5. The van der Waals surface area contributed by atoms with Gasteiger partial charge in [0.15, 0.2) is 5.16 Å². The molecule has 0 unspecified atom stereocenters. The lowest BCUT2D eigenvalue weighted by Gasteiger charge is -2.19. The van der Waals surface area contributed by atoms with E-state index in [2.05, 4.69) is 36.9 Å². The van der Waals surface area contributed by atoms with E-state index in [1.165, 1.54) is 0 Å². The van der Waals surface area contributed by atoms with E-state index in [9.17, 15) is 0 Å². The highest BCUT2D eigenvalue weighted by Crippen LogP contribution is 2.25. The summed E-state index contributed by atoms with van der Waals surface area (Å²) >= 11 is 1.62. The van der Waals surface area contributed by atoms with Crippen LogP contribution in [0.15, 0.2) is 35.6 Å². The largest absolute Gasteiger partial charge is 0.497 e. The van der Waals surface area contributed by atoms with Gasteiger partial charge in [0.05, 0.1) is 38.2 Å². The molecule has 9 heteroatoms. The highest BCUT2D eigenvalue weighted by molar-refractivity contribution is 7.98. The van der Waals surface area contributed by atoms with E-state index in [1.807, 2.05) is 36.7 Å². The van der Waals surface area contributed by atoms with Crippen LogP contribution in [-0.2, 0) is 24.4 Å². The van der Waals surface area contributed by atoms with Crippen molar-refractivity contribution in [3.8, 4) is 17.0 Å². The number of thioether (sulfide) groups is 1. The first-order valence-corrected chi connectivity index (χ1v) is 11.3. The molecule has 3 heterocycles. The maximum absolute atomic E-state index is 5.83. The lowest BCUT2D eigenvalue weighted by molar-refractivity contribution is 0.0934. The fraction of sp³-hybridized carbons (Fsp3) is 0.476. The highest BCUT2D eigenvalue weighted by atomic mass is 32.2. The smallest absolute Gasteiger partial charge is 0.191 e. The number of nitrogens with one attached hydrogen (secondary N) is 1. The van der Waals surface area contributed by atoms with Gasteiger partial charge < -0.3 is 14.0 Å². The van der Waals surface area contributed by atoms with Gasteiger partial charge in [0, 0.05) is 24.3 Å². The molecule has 160 valence electrons. The van der Waals surface area contributed by atoms with Gasteiger partial charge in [-0.25, -0.2) is 0 Å². The molecular weight excluding hydrogens is 400 g/mol. The molecule has 1 aliphatic heterocycles. The number of benzene rings is 1. The average molecular weight is 429 g/mol. The first kappa shape index (κ1) is 20.9. The van der Waals surface area contributed by atoms with Crippen molar-refractivity contribution in [3.63, 3.8) is 0 Å². The third-order valence-electron chi connectivity index (χ3n) is 5.33. The number of H-pyrrole nitrogens is 1. The molecule has 2 aromatic heterocycles. The summed E-state index contributed by atoms with van der Waals surface area (Å²) in [6.45, 7) is 3.12. The number of hydrogen-bond donors (Lipinski definition) is 1. The van der Waals surface area contributed by atoms with Crippen LogP contribution in [0.4, 0.5) is 0 Å². The van der Waals surface area contributed by atoms with Crippen LogP contribution < -0.4 is 4.74 Å². The molecule has 4 rings (SSSR count). The quantitative estimate of drug-likeness (QED) is 0.524. The Morgan fingerprint density at radius 1 is 1.27 bits per heavy atom. The van der Waals surface area contributed by atoms with Crippen molar-refractivity contribution >= 4 is 11.8 Å². The van der Waals surface area contributed by atoms with Gasteiger partial charge in [0.2, 0.25) is 0 Å². The molecule has 1 aromatic carbocycles. The molecule has 0 amide bonds. The summed E-state index contributed by atoms with van der Waals surface area (Å²) in [6.07, 6.45) is 6.41. The molecule has 3 aromatic rings. The van der Waals surface area contributed by atoms with E-state index < -0.39 is 0 Å². The minimum Gasteiger partial charge on any atom is -0.497 e. The summed E-state index contributed by atoms with van der Waals surface area (Å²) in [4.78, 5) is 2.23. The second-order valence-corrected chi connectivity index (χ2v) is 8.29. The number of rotatable bonds is 9. The van der Waals surface area contributed by atoms with Gasteiger partial charge in [0.25, 0.3) is 0 Å². The van der Waals surface area contributed by atoms with E-state index in [4.69, 9.17) is 9.47 Å². The van der Waals surface area contributed by atoms with Crippen LogP contribution in [0.25, 0.3) is 11.3 Å². The Labute approximate surface area is 181 Å². The zero-order chi connectivity index (χ0) is 20.9. The van der Waals surface area contributed by atoms with Crippen LogP contribution >= 0.6 is 11.8 Å². The number of ether oxygens (including phenoxy) is 2.